The molecule has 1 unspecified atom stereocenters. The second-order valence-corrected chi connectivity index (χ2v) is 9.35. The molecule has 2 N–H and O–H groups in total. The van der Waals surface area contributed by atoms with Crippen LogP contribution in [0.25, 0.3) is 10.9 Å². The minimum atomic E-state index is -0.730. The summed E-state index contributed by atoms with van der Waals surface area (Å²) >= 11 is 6.07. The molecule has 0 spiro atoms. The van der Waals surface area contributed by atoms with Crippen LogP contribution in [0.1, 0.15) is 30.0 Å². The summed E-state index contributed by atoms with van der Waals surface area (Å²) in [7, 11) is 1.74. The molecule has 1 atom stereocenters. The van der Waals surface area contributed by atoms with Crippen LogP contribution in [0.15, 0.2) is 77.9 Å². The highest BCUT2D eigenvalue weighted by Gasteiger charge is 2.23. The van der Waals surface area contributed by atoms with Crippen LogP contribution >= 0.6 is 11.6 Å². The highest BCUT2D eigenvalue weighted by atomic mass is 35.5. The summed E-state index contributed by atoms with van der Waals surface area (Å²) in [5, 5.41) is 3.85. The maximum Gasteiger partial charge on any atom is 0.413 e. The van der Waals surface area contributed by atoms with Crippen molar-refractivity contribution in [3.8, 4) is 5.75 Å². The molecule has 0 aliphatic carbocycles. The van der Waals surface area contributed by atoms with Gasteiger partial charge in [0.15, 0.2) is 11.2 Å². The number of pyridine rings is 2. The quantitative estimate of drug-likeness (QED) is 0.370. The Kier molecular flexibility index (Phi) is 7.39. The van der Waals surface area contributed by atoms with E-state index in [1.807, 2.05) is 36.4 Å². The van der Waals surface area contributed by atoms with E-state index in [1.54, 1.807) is 37.6 Å². The van der Waals surface area contributed by atoms with Gasteiger partial charge in [-0.2, -0.15) is 0 Å². The molecule has 0 radical (unpaired) electrons. The molecule has 1 amide bonds. The Morgan fingerprint density at radius 1 is 1.14 bits per heavy atom. The second-order valence-electron chi connectivity index (χ2n) is 8.91. The van der Waals surface area contributed by atoms with Gasteiger partial charge < -0.3 is 24.7 Å². The smallest absolute Gasteiger partial charge is 0.409 e. The van der Waals surface area contributed by atoms with Gasteiger partial charge in [-0.15, -0.1) is 0 Å². The number of H-pyrrole nitrogens is 1. The third-order valence-electron chi connectivity index (χ3n) is 6.61. The Bertz CT molecular complexity index is 1430. The minimum Gasteiger partial charge on any atom is -0.409 e. The number of hydrogen-bond donors (Lipinski definition) is 2. The molecule has 4 aromatic rings. The lowest BCUT2D eigenvalue weighted by Crippen LogP contribution is -2.37. The first-order valence-electron chi connectivity index (χ1n) is 12.1. The number of anilines is 1. The molecular weight excluding hydrogens is 492 g/mol. The first kappa shape index (κ1) is 24.8. The number of nitrogens with zero attached hydrogens (tertiary/aromatic N) is 2. The summed E-state index contributed by atoms with van der Waals surface area (Å²) < 4.78 is 11.0. The number of aromatic amines is 1. The lowest BCUT2D eigenvalue weighted by atomic mass is 9.98. The number of carbonyl (C=O) groups excluding carboxylic acids is 1. The minimum absolute atomic E-state index is 0.206. The third-order valence-corrected chi connectivity index (χ3v) is 6.84. The van der Waals surface area contributed by atoms with E-state index >= 15 is 0 Å². The van der Waals surface area contributed by atoms with Gasteiger partial charge in [-0.1, -0.05) is 41.9 Å². The zero-order valence-electron chi connectivity index (χ0n) is 20.3. The van der Waals surface area contributed by atoms with Crippen LogP contribution in [0.5, 0.6) is 5.75 Å². The van der Waals surface area contributed by atoms with Crippen molar-refractivity contribution >= 4 is 34.4 Å². The van der Waals surface area contributed by atoms with Gasteiger partial charge >= 0.3 is 6.09 Å². The number of aromatic nitrogens is 2. The zero-order valence-corrected chi connectivity index (χ0v) is 21.1. The van der Waals surface area contributed by atoms with Crippen molar-refractivity contribution in [3.05, 3.63) is 99.4 Å². The number of benzene rings is 2. The maximum atomic E-state index is 13.3. The molecule has 0 saturated carbocycles. The maximum absolute atomic E-state index is 13.3. The molecule has 2 aromatic carbocycles. The number of methoxy groups -OCH3 is 1. The Labute approximate surface area is 219 Å². The predicted molar refractivity (Wildman–Crippen MR) is 144 cm³/mol. The van der Waals surface area contributed by atoms with E-state index in [9.17, 15) is 9.59 Å². The predicted octanol–water partition coefficient (Wildman–Crippen LogP) is 5.07. The third kappa shape index (κ3) is 5.60. The average molecular weight is 519 g/mol. The normalized spacial score (nSPS) is 14.9. The number of piperidine rings is 1. The monoisotopic (exact) mass is 518 g/mol. The molecule has 190 valence electrons. The fraction of sp³-hybridized carbons (Fsp3) is 0.250. The van der Waals surface area contributed by atoms with Crippen molar-refractivity contribution in [3.63, 3.8) is 0 Å². The van der Waals surface area contributed by atoms with Gasteiger partial charge in [0.2, 0.25) is 0 Å². The highest BCUT2D eigenvalue weighted by Crippen LogP contribution is 2.24. The largest absolute Gasteiger partial charge is 0.413 e. The van der Waals surface area contributed by atoms with E-state index in [2.05, 4.69) is 20.2 Å². The topological polar surface area (TPSA) is 96.5 Å². The number of hydrogen-bond acceptors (Lipinski definition) is 6. The Hall–Kier alpha value is -3.88. The molecule has 9 heteroatoms. The zero-order chi connectivity index (χ0) is 25.8. The SMILES string of the molecule is COC1CCN(c2ccc(OC(=O)NC(c3ccccc3)c3c[nH]c4cc(Cl)ccc4c3=O)cn2)CC1. The first-order valence-corrected chi connectivity index (χ1v) is 12.5. The lowest BCUT2D eigenvalue weighted by molar-refractivity contribution is 0.0818. The van der Waals surface area contributed by atoms with Gasteiger partial charge in [-0.25, -0.2) is 9.78 Å². The molecule has 1 aliphatic rings. The summed E-state index contributed by atoms with van der Waals surface area (Å²) in [5.74, 6) is 1.13. The number of fused-ring (bicyclic) bond motifs is 1. The van der Waals surface area contributed by atoms with E-state index in [4.69, 9.17) is 21.1 Å². The number of rotatable bonds is 6. The first-order chi connectivity index (χ1) is 18.0. The van der Waals surface area contributed by atoms with Crippen LogP contribution in [-0.2, 0) is 4.74 Å². The molecule has 1 saturated heterocycles. The Balaban J connectivity index is 1.34. The standard InChI is InChI=1S/C28H27ClN4O4/c1-36-20-11-13-33(14-12-20)25-10-8-21(16-31-25)37-28(35)32-26(18-5-3-2-4-6-18)23-17-30-24-15-19(29)7-9-22(24)27(23)34/h2-10,15-17,20,26H,11-14H2,1H3,(H,30,34)(H,32,35). The van der Waals surface area contributed by atoms with Crippen molar-refractivity contribution < 1.29 is 14.3 Å². The Morgan fingerprint density at radius 3 is 2.62 bits per heavy atom. The van der Waals surface area contributed by atoms with E-state index < -0.39 is 12.1 Å². The van der Waals surface area contributed by atoms with Gasteiger partial charge in [-0.05, 0) is 48.7 Å². The molecule has 5 rings (SSSR count). The average Bonchev–Trinajstić information content (AvgIpc) is 2.93. The molecular formula is C28H27ClN4O4. The van der Waals surface area contributed by atoms with E-state index in [0.717, 1.165) is 37.3 Å². The highest BCUT2D eigenvalue weighted by molar-refractivity contribution is 6.31. The van der Waals surface area contributed by atoms with Gasteiger partial charge in [0.1, 0.15) is 5.82 Å². The number of amides is 1. The second kappa shape index (κ2) is 11.0. The van der Waals surface area contributed by atoms with Crippen molar-refractivity contribution in [1.29, 1.82) is 0 Å². The van der Waals surface area contributed by atoms with E-state index in [0.29, 0.717) is 27.2 Å². The summed E-state index contributed by atoms with van der Waals surface area (Å²) in [6.45, 7) is 1.72. The molecule has 8 nitrogen and oxygen atoms in total. The van der Waals surface area contributed by atoms with Crippen molar-refractivity contribution in [1.82, 2.24) is 15.3 Å². The van der Waals surface area contributed by atoms with Crippen LogP contribution in [0.2, 0.25) is 5.02 Å². The molecule has 37 heavy (non-hydrogen) atoms. The molecule has 3 heterocycles. The lowest BCUT2D eigenvalue weighted by Gasteiger charge is -2.32. The summed E-state index contributed by atoms with van der Waals surface area (Å²) in [4.78, 5) is 36.0. The van der Waals surface area contributed by atoms with Gasteiger partial charge in [0, 0.05) is 42.4 Å². The molecule has 2 aromatic heterocycles. The van der Waals surface area contributed by atoms with Crippen molar-refractivity contribution in [2.45, 2.75) is 25.0 Å². The van der Waals surface area contributed by atoms with E-state index in [-0.39, 0.29) is 11.5 Å². The van der Waals surface area contributed by atoms with Gasteiger partial charge in [0.05, 0.1) is 23.9 Å². The summed E-state index contributed by atoms with van der Waals surface area (Å²) in [5.41, 5.74) is 1.54. The fourth-order valence-electron chi connectivity index (χ4n) is 4.61. The van der Waals surface area contributed by atoms with Gasteiger partial charge in [0.25, 0.3) is 0 Å². The molecule has 0 bridgehead atoms. The number of carbonyl (C=O) groups is 1. The summed E-state index contributed by atoms with van der Waals surface area (Å²) in [6, 6.07) is 17.1. The van der Waals surface area contributed by atoms with E-state index in [1.165, 1.54) is 6.20 Å². The van der Waals surface area contributed by atoms with Crippen molar-refractivity contribution in [2.24, 2.45) is 0 Å². The Morgan fingerprint density at radius 2 is 1.92 bits per heavy atom. The fourth-order valence-corrected chi connectivity index (χ4v) is 4.78. The molecule has 1 aliphatic heterocycles. The van der Waals surface area contributed by atoms with Crippen LogP contribution in [0.3, 0.4) is 0 Å². The van der Waals surface area contributed by atoms with Gasteiger partial charge in [-0.3, -0.25) is 4.79 Å². The number of halogens is 1. The van der Waals surface area contributed by atoms with Crippen LogP contribution in [0.4, 0.5) is 10.6 Å². The van der Waals surface area contributed by atoms with Crippen molar-refractivity contribution in [2.75, 3.05) is 25.1 Å². The van der Waals surface area contributed by atoms with Crippen LogP contribution in [-0.4, -0.2) is 42.4 Å². The molecule has 1 fully saturated rings. The summed E-state index contributed by atoms with van der Waals surface area (Å²) in [6.07, 6.45) is 4.61. The van der Waals surface area contributed by atoms with Crippen LogP contribution in [0, 0.1) is 0 Å². The van der Waals surface area contributed by atoms with Crippen LogP contribution < -0.4 is 20.4 Å². The number of nitrogens with one attached hydrogen (secondary N) is 2. The number of ether oxygens (including phenoxy) is 2.